The van der Waals surface area contributed by atoms with Crippen molar-refractivity contribution in [2.24, 2.45) is 0 Å². The highest BCUT2D eigenvalue weighted by Gasteiger charge is 1.92. The van der Waals surface area contributed by atoms with Gasteiger partial charge >= 0.3 is 0 Å². The first-order valence-corrected chi connectivity index (χ1v) is 3.98. The van der Waals surface area contributed by atoms with E-state index in [1.165, 1.54) is 17.8 Å². The Morgan fingerprint density at radius 2 is 2.30 bits per heavy atom. The molecule has 54 valence electrons. The number of H-pyrrole nitrogens is 1. The van der Waals surface area contributed by atoms with Crippen molar-refractivity contribution in [1.82, 2.24) is 4.98 Å². The van der Waals surface area contributed by atoms with Gasteiger partial charge in [-0.1, -0.05) is 0 Å². The molecule has 3 nitrogen and oxygen atoms in total. The van der Waals surface area contributed by atoms with Crippen LogP contribution in [0.15, 0.2) is 22.0 Å². The third-order valence-corrected chi connectivity index (χ3v) is 1.72. The third kappa shape index (κ3) is 1.54. The van der Waals surface area contributed by atoms with Crippen molar-refractivity contribution < 1.29 is 0 Å². The lowest BCUT2D eigenvalue weighted by Gasteiger charge is -1.95. The van der Waals surface area contributed by atoms with Crippen molar-refractivity contribution in [2.75, 3.05) is 12.0 Å². The Morgan fingerprint density at radius 1 is 1.60 bits per heavy atom. The van der Waals surface area contributed by atoms with Crippen LogP contribution in [0.3, 0.4) is 0 Å². The molecule has 1 aromatic rings. The van der Waals surface area contributed by atoms with Crippen molar-refractivity contribution in [2.45, 2.75) is 5.03 Å². The molecule has 4 heteroatoms. The van der Waals surface area contributed by atoms with E-state index in [-0.39, 0.29) is 5.56 Å². The van der Waals surface area contributed by atoms with E-state index in [4.69, 9.17) is 5.73 Å². The number of hydrogen-bond donors (Lipinski definition) is 2. The van der Waals surface area contributed by atoms with Crippen LogP contribution >= 0.6 is 11.8 Å². The monoisotopic (exact) mass is 156 g/mol. The molecule has 0 aliphatic carbocycles. The van der Waals surface area contributed by atoms with E-state index >= 15 is 0 Å². The third-order valence-electron chi connectivity index (χ3n) is 1.06. The SMILES string of the molecule is CSc1cc(N)cc(=O)[nH]1. The van der Waals surface area contributed by atoms with Gasteiger partial charge in [-0.15, -0.1) is 11.8 Å². The number of nitrogen functional groups attached to an aromatic ring is 1. The zero-order valence-corrected chi connectivity index (χ0v) is 6.37. The summed E-state index contributed by atoms with van der Waals surface area (Å²) in [4.78, 5) is 13.3. The summed E-state index contributed by atoms with van der Waals surface area (Å²) >= 11 is 1.46. The molecular weight excluding hydrogens is 148 g/mol. The van der Waals surface area contributed by atoms with E-state index in [0.29, 0.717) is 5.69 Å². The standard InChI is InChI=1S/C6H8N2OS/c1-10-6-3-4(7)2-5(9)8-6/h2-3H,1H3,(H3,7,8,9). The molecule has 0 bridgehead atoms. The minimum absolute atomic E-state index is 0.149. The number of aromatic nitrogens is 1. The van der Waals surface area contributed by atoms with Gasteiger partial charge in [0.1, 0.15) is 0 Å². The van der Waals surface area contributed by atoms with Crippen LogP contribution in [0.2, 0.25) is 0 Å². The maximum atomic E-state index is 10.7. The molecule has 0 saturated carbocycles. The fraction of sp³-hybridized carbons (Fsp3) is 0.167. The average molecular weight is 156 g/mol. The lowest BCUT2D eigenvalue weighted by atomic mass is 10.4. The van der Waals surface area contributed by atoms with E-state index in [2.05, 4.69) is 4.98 Å². The quantitative estimate of drug-likeness (QED) is 0.588. The summed E-state index contributed by atoms with van der Waals surface area (Å²) in [6.07, 6.45) is 1.88. The Balaban J connectivity index is 3.19. The highest BCUT2D eigenvalue weighted by molar-refractivity contribution is 7.98. The van der Waals surface area contributed by atoms with Crippen molar-refractivity contribution in [3.63, 3.8) is 0 Å². The van der Waals surface area contributed by atoms with Gasteiger partial charge < -0.3 is 10.7 Å². The fourth-order valence-corrected chi connectivity index (χ4v) is 1.10. The Hall–Kier alpha value is -0.900. The summed E-state index contributed by atoms with van der Waals surface area (Å²) < 4.78 is 0. The smallest absolute Gasteiger partial charge is 0.250 e. The molecule has 0 aromatic carbocycles. The highest BCUT2D eigenvalue weighted by Crippen LogP contribution is 2.10. The molecule has 0 spiro atoms. The first-order chi connectivity index (χ1) is 4.72. The molecule has 1 aromatic heterocycles. The summed E-state index contributed by atoms with van der Waals surface area (Å²) in [5.41, 5.74) is 5.76. The van der Waals surface area contributed by atoms with Crippen LogP contribution in [-0.2, 0) is 0 Å². The van der Waals surface area contributed by atoms with Crippen molar-refractivity contribution >= 4 is 17.4 Å². The molecule has 0 saturated heterocycles. The molecule has 0 amide bonds. The summed E-state index contributed by atoms with van der Waals surface area (Å²) in [5, 5.41) is 0.796. The van der Waals surface area contributed by atoms with Gasteiger partial charge in [0.25, 0.3) is 5.56 Å². The number of nitrogens with one attached hydrogen (secondary N) is 1. The zero-order chi connectivity index (χ0) is 7.56. The van der Waals surface area contributed by atoms with Crippen LogP contribution in [-0.4, -0.2) is 11.2 Å². The number of thioether (sulfide) groups is 1. The number of rotatable bonds is 1. The molecule has 10 heavy (non-hydrogen) atoms. The van der Waals surface area contributed by atoms with Gasteiger partial charge in [0.2, 0.25) is 0 Å². The first kappa shape index (κ1) is 7.21. The van der Waals surface area contributed by atoms with Crippen molar-refractivity contribution in [3.05, 3.63) is 22.5 Å². The summed E-state index contributed by atoms with van der Waals surface area (Å²) in [6, 6.07) is 3.09. The maximum Gasteiger partial charge on any atom is 0.250 e. The number of aromatic amines is 1. The Morgan fingerprint density at radius 3 is 2.80 bits per heavy atom. The van der Waals surface area contributed by atoms with Crippen LogP contribution in [0.5, 0.6) is 0 Å². The molecule has 1 heterocycles. The lowest BCUT2D eigenvalue weighted by molar-refractivity contribution is 1.09. The number of nitrogens with two attached hydrogens (primary N) is 1. The molecular formula is C6H8N2OS. The fourth-order valence-electron chi connectivity index (χ4n) is 0.648. The van der Waals surface area contributed by atoms with Gasteiger partial charge in [-0.25, -0.2) is 0 Å². The predicted molar refractivity (Wildman–Crippen MR) is 43.3 cm³/mol. The lowest BCUT2D eigenvalue weighted by Crippen LogP contribution is -2.05. The molecule has 0 atom stereocenters. The highest BCUT2D eigenvalue weighted by atomic mass is 32.2. The summed E-state index contributed by atoms with van der Waals surface area (Å²) in [6.45, 7) is 0. The largest absolute Gasteiger partial charge is 0.398 e. The molecule has 0 aliphatic heterocycles. The van der Waals surface area contributed by atoms with Gasteiger partial charge in [0, 0.05) is 11.8 Å². The summed E-state index contributed by atoms with van der Waals surface area (Å²) in [7, 11) is 0. The topological polar surface area (TPSA) is 58.9 Å². The molecule has 0 aliphatic rings. The van der Waals surface area contributed by atoms with Gasteiger partial charge in [-0.2, -0.15) is 0 Å². The van der Waals surface area contributed by atoms with Gasteiger partial charge in [0.05, 0.1) is 5.03 Å². The molecule has 0 unspecified atom stereocenters. The molecule has 1 rings (SSSR count). The Bertz CT molecular complexity index is 281. The number of anilines is 1. The van der Waals surface area contributed by atoms with Crippen LogP contribution < -0.4 is 11.3 Å². The molecule has 0 fully saturated rings. The van der Waals surface area contributed by atoms with Crippen LogP contribution in [0, 0.1) is 0 Å². The second-order valence-corrected chi connectivity index (χ2v) is 2.69. The predicted octanol–water partition coefficient (Wildman–Crippen LogP) is 0.679. The molecule has 0 radical (unpaired) electrons. The average Bonchev–Trinajstić information content (AvgIpc) is 1.85. The second kappa shape index (κ2) is 2.79. The van der Waals surface area contributed by atoms with E-state index in [1.54, 1.807) is 6.07 Å². The van der Waals surface area contributed by atoms with E-state index < -0.39 is 0 Å². The number of hydrogen-bond acceptors (Lipinski definition) is 3. The second-order valence-electron chi connectivity index (χ2n) is 1.85. The van der Waals surface area contributed by atoms with Gasteiger partial charge in [-0.3, -0.25) is 4.79 Å². The van der Waals surface area contributed by atoms with E-state index in [0.717, 1.165) is 5.03 Å². The maximum absolute atomic E-state index is 10.7. The molecule has 3 N–H and O–H groups in total. The van der Waals surface area contributed by atoms with Gasteiger partial charge in [0.15, 0.2) is 0 Å². The summed E-state index contributed by atoms with van der Waals surface area (Å²) in [5.74, 6) is 0. The normalized spacial score (nSPS) is 9.70. The first-order valence-electron chi connectivity index (χ1n) is 2.76. The van der Waals surface area contributed by atoms with Crippen LogP contribution in [0.4, 0.5) is 5.69 Å². The van der Waals surface area contributed by atoms with E-state index in [9.17, 15) is 4.79 Å². The zero-order valence-electron chi connectivity index (χ0n) is 5.55. The van der Waals surface area contributed by atoms with E-state index in [1.807, 2.05) is 6.26 Å². The van der Waals surface area contributed by atoms with Crippen molar-refractivity contribution in [1.29, 1.82) is 0 Å². The van der Waals surface area contributed by atoms with Gasteiger partial charge in [-0.05, 0) is 12.3 Å². The minimum Gasteiger partial charge on any atom is -0.398 e. The van der Waals surface area contributed by atoms with Crippen molar-refractivity contribution in [3.8, 4) is 0 Å². The minimum atomic E-state index is -0.149. The Kier molecular flexibility index (Phi) is 2.01. The Labute approximate surface area is 62.6 Å². The van der Waals surface area contributed by atoms with Crippen LogP contribution in [0.1, 0.15) is 0 Å². The number of pyridine rings is 1. The van der Waals surface area contributed by atoms with Crippen LogP contribution in [0.25, 0.3) is 0 Å².